The average Bonchev–Trinajstić information content (AvgIpc) is 3.52. The fraction of sp³-hybridized carbons (Fsp3) is 0.346. The molecule has 36 heavy (non-hydrogen) atoms. The molecule has 0 aliphatic carbocycles. The van der Waals surface area contributed by atoms with E-state index in [0.717, 1.165) is 50.1 Å². The zero-order valence-corrected chi connectivity index (χ0v) is 21.1. The fourth-order valence-corrected chi connectivity index (χ4v) is 7.04. The molecule has 2 aromatic carbocycles. The molecule has 0 unspecified atom stereocenters. The highest BCUT2D eigenvalue weighted by molar-refractivity contribution is 7.23. The van der Waals surface area contributed by atoms with Gasteiger partial charge in [-0.25, -0.2) is 8.78 Å². The standard InChI is InChI=1S/C26H22ClF2N5OS/c1-13-15-10-17(27)20(14-4-5-18(28)23-19(14)16(11-30)24(31)36-23)21(29)22(15)33-25(32-13)35-12-26-6-2-8-34(26)9-3-7-26/h4-5,10H,2-3,6-9,12,31H2,1H3. The maximum Gasteiger partial charge on any atom is 0.317 e. The molecule has 2 N–H and O–H groups in total. The number of ether oxygens (including phenoxy) is 1. The first-order valence-corrected chi connectivity index (χ1v) is 13.0. The third kappa shape index (κ3) is 3.43. The molecule has 2 fully saturated rings. The van der Waals surface area contributed by atoms with Crippen LogP contribution in [0.5, 0.6) is 6.01 Å². The number of anilines is 1. The van der Waals surface area contributed by atoms with Gasteiger partial charge in [0.15, 0.2) is 5.82 Å². The van der Waals surface area contributed by atoms with Crippen LogP contribution in [-0.2, 0) is 0 Å². The van der Waals surface area contributed by atoms with Crippen LogP contribution in [0.3, 0.4) is 0 Å². The highest BCUT2D eigenvalue weighted by atomic mass is 35.5. The van der Waals surface area contributed by atoms with Gasteiger partial charge in [0, 0.05) is 16.3 Å². The van der Waals surface area contributed by atoms with E-state index in [1.807, 2.05) is 6.07 Å². The molecule has 6 nitrogen and oxygen atoms in total. The number of nitrogen functional groups attached to an aromatic ring is 1. The third-order valence-corrected chi connectivity index (χ3v) is 8.86. The number of nitrogens with two attached hydrogens (primary N) is 1. The third-order valence-electron chi connectivity index (χ3n) is 7.53. The monoisotopic (exact) mass is 525 g/mol. The number of fused-ring (bicyclic) bond motifs is 3. The summed E-state index contributed by atoms with van der Waals surface area (Å²) in [6, 6.07) is 6.37. The second kappa shape index (κ2) is 8.51. The van der Waals surface area contributed by atoms with Crippen LogP contribution >= 0.6 is 22.9 Å². The molecule has 6 rings (SSSR count). The second-order valence-corrected chi connectivity index (χ2v) is 11.0. The van der Waals surface area contributed by atoms with Crippen molar-refractivity contribution in [2.75, 3.05) is 25.4 Å². The number of aromatic nitrogens is 2. The van der Waals surface area contributed by atoms with E-state index in [0.29, 0.717) is 17.7 Å². The van der Waals surface area contributed by atoms with Gasteiger partial charge in [0.05, 0.1) is 26.5 Å². The fourth-order valence-electron chi connectivity index (χ4n) is 5.80. The minimum absolute atomic E-state index is 0.00220. The van der Waals surface area contributed by atoms with Crippen LogP contribution in [0.25, 0.3) is 32.1 Å². The Bertz CT molecular complexity index is 1590. The van der Waals surface area contributed by atoms with Gasteiger partial charge in [-0.3, -0.25) is 4.90 Å². The molecule has 2 aliphatic heterocycles. The lowest BCUT2D eigenvalue weighted by Crippen LogP contribution is -2.43. The summed E-state index contributed by atoms with van der Waals surface area (Å²) in [7, 11) is 0. The minimum Gasteiger partial charge on any atom is -0.461 e. The normalized spacial score (nSPS) is 17.1. The van der Waals surface area contributed by atoms with Crippen molar-refractivity contribution in [3.05, 3.63) is 46.1 Å². The Morgan fingerprint density at radius 2 is 2.00 bits per heavy atom. The van der Waals surface area contributed by atoms with Gasteiger partial charge in [0.1, 0.15) is 29.0 Å². The number of nitriles is 1. The SMILES string of the molecule is Cc1nc(OCC23CCCN2CCC3)nc2c(F)c(-c3ccc(F)c4sc(N)c(C#N)c34)c(Cl)cc12. The van der Waals surface area contributed by atoms with Gasteiger partial charge in [-0.2, -0.15) is 15.2 Å². The molecule has 4 aromatic rings. The van der Waals surface area contributed by atoms with Crippen LogP contribution in [0.4, 0.5) is 13.8 Å². The predicted molar refractivity (Wildman–Crippen MR) is 137 cm³/mol. The number of thiophene rings is 1. The van der Waals surface area contributed by atoms with Crippen LogP contribution in [0.2, 0.25) is 5.02 Å². The molecule has 0 radical (unpaired) electrons. The molecule has 0 atom stereocenters. The van der Waals surface area contributed by atoms with Gasteiger partial charge in [-0.05, 0) is 63.4 Å². The van der Waals surface area contributed by atoms with Crippen LogP contribution in [-0.4, -0.2) is 40.1 Å². The first-order valence-electron chi connectivity index (χ1n) is 11.8. The molecular weight excluding hydrogens is 504 g/mol. The van der Waals surface area contributed by atoms with E-state index in [1.165, 1.54) is 12.1 Å². The van der Waals surface area contributed by atoms with Gasteiger partial charge in [0.2, 0.25) is 0 Å². The van der Waals surface area contributed by atoms with E-state index in [4.69, 9.17) is 22.1 Å². The molecule has 4 heterocycles. The molecule has 0 bridgehead atoms. The zero-order chi connectivity index (χ0) is 25.2. The molecule has 0 saturated carbocycles. The Labute approximate surface area is 215 Å². The lowest BCUT2D eigenvalue weighted by Gasteiger charge is -2.31. The Morgan fingerprint density at radius 1 is 1.25 bits per heavy atom. The molecule has 2 aromatic heterocycles. The molecule has 2 aliphatic rings. The number of hydrogen-bond acceptors (Lipinski definition) is 7. The van der Waals surface area contributed by atoms with Gasteiger partial charge >= 0.3 is 6.01 Å². The van der Waals surface area contributed by atoms with Gasteiger partial charge in [-0.15, -0.1) is 11.3 Å². The van der Waals surface area contributed by atoms with Gasteiger partial charge < -0.3 is 10.5 Å². The molecule has 184 valence electrons. The first-order chi connectivity index (χ1) is 17.3. The smallest absolute Gasteiger partial charge is 0.317 e. The summed E-state index contributed by atoms with van der Waals surface area (Å²) in [4.78, 5) is 11.4. The highest BCUT2D eigenvalue weighted by Gasteiger charge is 2.45. The van der Waals surface area contributed by atoms with E-state index >= 15 is 4.39 Å². The Morgan fingerprint density at radius 3 is 2.72 bits per heavy atom. The van der Waals surface area contributed by atoms with Crippen LogP contribution in [0.15, 0.2) is 18.2 Å². The first kappa shape index (κ1) is 23.3. The van der Waals surface area contributed by atoms with Crippen molar-refractivity contribution in [1.29, 1.82) is 5.26 Å². The predicted octanol–water partition coefficient (Wildman–Crippen LogP) is 6.21. The number of hydrogen-bond donors (Lipinski definition) is 1. The van der Waals surface area contributed by atoms with Crippen molar-refractivity contribution in [2.24, 2.45) is 0 Å². The zero-order valence-electron chi connectivity index (χ0n) is 19.5. The van der Waals surface area contributed by atoms with Crippen molar-refractivity contribution < 1.29 is 13.5 Å². The van der Waals surface area contributed by atoms with E-state index in [-0.39, 0.29) is 53.9 Å². The van der Waals surface area contributed by atoms with Gasteiger partial charge in [-0.1, -0.05) is 17.7 Å². The average molecular weight is 526 g/mol. The lowest BCUT2D eigenvalue weighted by molar-refractivity contribution is 0.107. The van der Waals surface area contributed by atoms with Crippen molar-refractivity contribution in [2.45, 2.75) is 38.1 Å². The van der Waals surface area contributed by atoms with Crippen LogP contribution in [0.1, 0.15) is 36.9 Å². The number of aryl methyl sites for hydroxylation is 1. The molecule has 0 amide bonds. The maximum atomic E-state index is 16.2. The number of nitrogens with zero attached hydrogens (tertiary/aromatic N) is 4. The molecule has 0 spiro atoms. The summed E-state index contributed by atoms with van der Waals surface area (Å²) in [6.45, 7) is 4.35. The Kier molecular flexibility index (Phi) is 5.52. The number of benzene rings is 2. The van der Waals surface area contributed by atoms with Gasteiger partial charge in [0.25, 0.3) is 0 Å². The van der Waals surface area contributed by atoms with E-state index in [9.17, 15) is 9.65 Å². The molecular formula is C26H22ClF2N5OS. The Balaban J connectivity index is 1.48. The van der Waals surface area contributed by atoms with Crippen LogP contribution < -0.4 is 10.5 Å². The summed E-state index contributed by atoms with van der Waals surface area (Å²) < 4.78 is 37.0. The largest absolute Gasteiger partial charge is 0.461 e. The van der Waals surface area contributed by atoms with Crippen molar-refractivity contribution in [1.82, 2.24) is 14.9 Å². The molecule has 2 saturated heterocycles. The number of rotatable bonds is 4. The second-order valence-electron chi connectivity index (χ2n) is 9.49. The topological polar surface area (TPSA) is 88.1 Å². The van der Waals surface area contributed by atoms with Crippen molar-refractivity contribution in [3.63, 3.8) is 0 Å². The summed E-state index contributed by atoms with van der Waals surface area (Å²) in [5.41, 5.74) is 6.98. The summed E-state index contributed by atoms with van der Waals surface area (Å²) >= 11 is 7.52. The van der Waals surface area contributed by atoms with E-state index < -0.39 is 11.6 Å². The number of halogens is 3. The highest BCUT2D eigenvalue weighted by Crippen LogP contribution is 2.45. The summed E-state index contributed by atoms with van der Waals surface area (Å²) in [5, 5.41) is 10.6. The van der Waals surface area contributed by atoms with Crippen molar-refractivity contribution >= 4 is 48.9 Å². The molecule has 10 heteroatoms. The van der Waals surface area contributed by atoms with E-state index in [2.05, 4.69) is 14.9 Å². The van der Waals surface area contributed by atoms with E-state index in [1.54, 1.807) is 13.0 Å². The summed E-state index contributed by atoms with van der Waals surface area (Å²) in [6.07, 6.45) is 4.42. The van der Waals surface area contributed by atoms with Crippen molar-refractivity contribution in [3.8, 4) is 23.2 Å². The Hall–Kier alpha value is -3.06. The lowest BCUT2D eigenvalue weighted by atomic mass is 9.95. The quantitative estimate of drug-likeness (QED) is 0.340. The minimum atomic E-state index is -0.684. The summed E-state index contributed by atoms with van der Waals surface area (Å²) in [5.74, 6) is -1.22. The maximum absolute atomic E-state index is 16.2. The van der Waals surface area contributed by atoms with Crippen LogP contribution in [0, 0.1) is 29.9 Å².